The van der Waals surface area contributed by atoms with Crippen LogP contribution in [0.1, 0.15) is 17.3 Å². The van der Waals surface area contributed by atoms with Crippen molar-refractivity contribution in [1.29, 1.82) is 0 Å². The van der Waals surface area contributed by atoms with Gasteiger partial charge in [0.15, 0.2) is 5.78 Å². The second-order valence-corrected chi connectivity index (χ2v) is 5.04. The zero-order chi connectivity index (χ0) is 12.3. The molecule has 0 heterocycles. The van der Waals surface area contributed by atoms with E-state index in [1.807, 2.05) is 13.0 Å². The molecule has 0 saturated heterocycles. The molecule has 4 rings (SSSR count). The first-order valence-corrected chi connectivity index (χ1v) is 6.26. The van der Waals surface area contributed by atoms with Crippen molar-refractivity contribution in [1.82, 2.24) is 0 Å². The fraction of sp³-hybridized carbons (Fsp3) is 0.118. The van der Waals surface area contributed by atoms with Crippen molar-refractivity contribution in [3.63, 3.8) is 0 Å². The number of hydrogen-bond acceptors (Lipinski definition) is 1. The Morgan fingerprint density at radius 3 is 2.39 bits per heavy atom. The van der Waals surface area contributed by atoms with E-state index in [0.717, 1.165) is 10.9 Å². The van der Waals surface area contributed by atoms with Crippen LogP contribution in [0.2, 0.25) is 0 Å². The van der Waals surface area contributed by atoms with E-state index in [1.165, 1.54) is 21.4 Å². The van der Waals surface area contributed by atoms with Gasteiger partial charge in [-0.2, -0.15) is 0 Å². The molecule has 0 fully saturated rings. The van der Waals surface area contributed by atoms with E-state index in [0.29, 0.717) is 0 Å². The third kappa shape index (κ3) is 1.09. The lowest BCUT2D eigenvalue weighted by Gasteiger charge is -2.17. The van der Waals surface area contributed by atoms with Gasteiger partial charge in [-0.1, -0.05) is 55.5 Å². The summed E-state index contributed by atoms with van der Waals surface area (Å²) in [4.78, 5) is 12.3. The predicted molar refractivity (Wildman–Crippen MR) is 74.6 cm³/mol. The van der Waals surface area contributed by atoms with Crippen LogP contribution in [-0.2, 0) is 0 Å². The van der Waals surface area contributed by atoms with Crippen molar-refractivity contribution in [3.8, 4) is 0 Å². The molecule has 0 amide bonds. The monoisotopic (exact) mass is 232 g/mol. The summed E-state index contributed by atoms with van der Waals surface area (Å²) in [6.07, 6.45) is 2.08. The van der Waals surface area contributed by atoms with Gasteiger partial charge in [-0.15, -0.1) is 0 Å². The molecule has 1 aliphatic carbocycles. The molecule has 0 aliphatic heterocycles. The molecule has 1 heteroatoms. The summed E-state index contributed by atoms with van der Waals surface area (Å²) in [6.45, 7) is 1.97. The van der Waals surface area contributed by atoms with Gasteiger partial charge < -0.3 is 0 Å². The van der Waals surface area contributed by atoms with E-state index in [1.54, 1.807) is 0 Å². The number of benzene rings is 3. The lowest BCUT2D eigenvalue weighted by atomic mass is 9.85. The number of hydrogen-bond donors (Lipinski definition) is 0. The maximum Gasteiger partial charge on any atom is 0.170 e. The van der Waals surface area contributed by atoms with Gasteiger partial charge in [0.1, 0.15) is 0 Å². The van der Waals surface area contributed by atoms with E-state index in [9.17, 15) is 4.79 Å². The Morgan fingerprint density at radius 2 is 1.61 bits per heavy atom. The fourth-order valence-corrected chi connectivity index (χ4v) is 3.04. The first-order valence-electron chi connectivity index (χ1n) is 6.26. The topological polar surface area (TPSA) is 17.1 Å². The summed E-state index contributed by atoms with van der Waals surface area (Å²) in [7, 11) is 0. The molecule has 18 heavy (non-hydrogen) atoms. The second-order valence-electron chi connectivity index (χ2n) is 5.04. The molecule has 0 spiro atoms. The number of carbonyl (C=O) groups excluding carboxylic acids is 1. The number of carbonyl (C=O) groups is 1. The second kappa shape index (κ2) is 3.20. The van der Waals surface area contributed by atoms with Crippen LogP contribution < -0.4 is 5.22 Å². The average Bonchev–Trinajstić information content (AvgIpc) is 2.40. The zero-order valence-electron chi connectivity index (χ0n) is 10.1. The van der Waals surface area contributed by atoms with E-state index < -0.39 is 0 Å². The number of rotatable bonds is 0. The molecule has 0 saturated carbocycles. The van der Waals surface area contributed by atoms with E-state index >= 15 is 0 Å². The normalized spacial score (nSPS) is 18.3. The molecule has 1 atom stereocenters. The third-order valence-corrected chi connectivity index (χ3v) is 3.92. The number of ketones is 1. The third-order valence-electron chi connectivity index (χ3n) is 3.92. The first-order chi connectivity index (χ1) is 8.75. The summed E-state index contributed by atoms with van der Waals surface area (Å²) < 4.78 is 0. The molecule has 0 bridgehead atoms. The summed E-state index contributed by atoms with van der Waals surface area (Å²) in [5.74, 6) is 0.223. The minimum absolute atomic E-state index is 0.0140. The molecule has 0 aromatic heterocycles. The van der Waals surface area contributed by atoms with Crippen LogP contribution in [-0.4, -0.2) is 5.78 Å². The van der Waals surface area contributed by atoms with Gasteiger partial charge in [-0.3, -0.25) is 4.79 Å². The maximum absolute atomic E-state index is 12.3. The Bertz CT molecular complexity index is 842. The molecular weight excluding hydrogens is 220 g/mol. The molecule has 1 unspecified atom stereocenters. The summed E-state index contributed by atoms with van der Waals surface area (Å²) in [5.41, 5.74) is 0.879. The van der Waals surface area contributed by atoms with Gasteiger partial charge >= 0.3 is 0 Å². The highest BCUT2D eigenvalue weighted by Gasteiger charge is 2.21. The average molecular weight is 232 g/mol. The summed E-state index contributed by atoms with van der Waals surface area (Å²) in [6, 6.07) is 14.6. The smallest absolute Gasteiger partial charge is 0.170 e. The molecule has 0 N–H and O–H groups in total. The molecule has 3 aromatic carbocycles. The van der Waals surface area contributed by atoms with Gasteiger partial charge in [0, 0.05) is 16.9 Å². The Kier molecular flexibility index (Phi) is 1.75. The van der Waals surface area contributed by atoms with Gasteiger partial charge in [0.2, 0.25) is 0 Å². The van der Waals surface area contributed by atoms with Crippen LogP contribution in [0.3, 0.4) is 0 Å². The van der Waals surface area contributed by atoms with Crippen LogP contribution in [0.25, 0.3) is 27.6 Å². The van der Waals surface area contributed by atoms with Crippen molar-refractivity contribution in [2.24, 2.45) is 5.92 Å². The highest BCUT2D eigenvalue weighted by atomic mass is 16.1. The Morgan fingerprint density at radius 1 is 0.889 bits per heavy atom. The quantitative estimate of drug-likeness (QED) is 0.581. The van der Waals surface area contributed by atoms with Gasteiger partial charge in [-0.25, -0.2) is 0 Å². The minimum atomic E-state index is -0.0140. The Hall–Kier alpha value is -2.15. The number of Topliss-reactive ketones (excluding diaryl/α,β-unsaturated/α-hetero) is 1. The minimum Gasteiger partial charge on any atom is -0.294 e. The Labute approximate surface area is 105 Å². The standard InChI is InChI=1S/C17H12O/c1-10-9-13-6-5-11-3-2-4-12-7-8-14(17(10)18)16(13)15(11)12/h2-10H,1H3. The van der Waals surface area contributed by atoms with E-state index in [4.69, 9.17) is 0 Å². The summed E-state index contributed by atoms with van der Waals surface area (Å²) >= 11 is 0. The molecule has 1 aliphatic rings. The van der Waals surface area contributed by atoms with Crippen LogP contribution in [0.5, 0.6) is 0 Å². The lowest BCUT2D eigenvalue weighted by molar-refractivity contribution is 0.0960. The van der Waals surface area contributed by atoms with Crippen molar-refractivity contribution in [3.05, 3.63) is 53.2 Å². The van der Waals surface area contributed by atoms with Crippen LogP contribution in [0, 0.1) is 5.92 Å². The van der Waals surface area contributed by atoms with Crippen LogP contribution >= 0.6 is 0 Å². The highest BCUT2D eigenvalue weighted by molar-refractivity contribution is 6.21. The van der Waals surface area contributed by atoms with Gasteiger partial charge in [0.05, 0.1) is 0 Å². The van der Waals surface area contributed by atoms with Crippen molar-refractivity contribution < 1.29 is 4.79 Å². The van der Waals surface area contributed by atoms with E-state index in [2.05, 4.69) is 42.5 Å². The van der Waals surface area contributed by atoms with Crippen molar-refractivity contribution in [2.45, 2.75) is 6.92 Å². The molecular formula is C17H12O. The fourth-order valence-electron chi connectivity index (χ4n) is 3.04. The molecule has 3 aromatic rings. The summed E-state index contributed by atoms with van der Waals surface area (Å²) in [5, 5.41) is 5.98. The Balaban J connectivity index is 2.39. The van der Waals surface area contributed by atoms with E-state index in [-0.39, 0.29) is 11.7 Å². The largest absolute Gasteiger partial charge is 0.294 e. The van der Waals surface area contributed by atoms with Gasteiger partial charge in [0.25, 0.3) is 0 Å². The predicted octanol–water partition coefficient (Wildman–Crippen LogP) is 3.32. The molecule has 86 valence electrons. The highest BCUT2D eigenvalue weighted by Crippen LogP contribution is 2.30. The lowest BCUT2D eigenvalue weighted by Crippen LogP contribution is -2.21. The van der Waals surface area contributed by atoms with Crippen LogP contribution in [0.4, 0.5) is 0 Å². The van der Waals surface area contributed by atoms with Crippen molar-refractivity contribution in [2.75, 3.05) is 0 Å². The molecule has 0 radical (unpaired) electrons. The van der Waals surface area contributed by atoms with Crippen molar-refractivity contribution >= 4 is 33.4 Å². The molecule has 1 nitrogen and oxygen atoms in total. The maximum atomic E-state index is 12.3. The first kappa shape index (κ1) is 9.84. The van der Waals surface area contributed by atoms with Crippen LogP contribution in [0.15, 0.2) is 42.5 Å². The zero-order valence-corrected chi connectivity index (χ0v) is 10.1. The van der Waals surface area contributed by atoms with Gasteiger partial charge in [-0.05, 0) is 21.4 Å². The SMILES string of the molecule is CC1C=c2ccc3cccc4ccc(c2c43)C1=O.